The molecule has 1 unspecified atom stereocenters. The van der Waals surface area contributed by atoms with Gasteiger partial charge < -0.3 is 4.74 Å². The molecular formula is C14H13ClF2N2O. The Bertz CT molecular complexity index is 581. The van der Waals surface area contributed by atoms with Gasteiger partial charge in [0, 0.05) is 5.02 Å². The van der Waals surface area contributed by atoms with Crippen molar-refractivity contribution in [3.63, 3.8) is 0 Å². The Morgan fingerprint density at radius 3 is 2.30 bits per heavy atom. The number of alkyl halides is 2. The molecule has 106 valence electrons. The number of halogens is 3. The first-order valence-electron chi connectivity index (χ1n) is 5.86. The highest BCUT2D eigenvalue weighted by Gasteiger charge is 2.14. The Morgan fingerprint density at radius 2 is 1.70 bits per heavy atom. The van der Waals surface area contributed by atoms with Gasteiger partial charge in [-0.25, -0.2) is 5.43 Å². The fraction of sp³-hybridized carbons (Fsp3) is 0.143. The summed E-state index contributed by atoms with van der Waals surface area (Å²) >= 11 is 5.94. The lowest BCUT2D eigenvalue weighted by Gasteiger charge is -2.18. The van der Waals surface area contributed by atoms with Gasteiger partial charge in [-0.1, -0.05) is 35.9 Å². The first kappa shape index (κ1) is 14.7. The third kappa shape index (κ3) is 3.66. The van der Waals surface area contributed by atoms with Crippen molar-refractivity contribution in [1.29, 1.82) is 0 Å². The van der Waals surface area contributed by atoms with Gasteiger partial charge in [0.15, 0.2) is 0 Å². The fourth-order valence-corrected chi connectivity index (χ4v) is 2.14. The van der Waals surface area contributed by atoms with E-state index < -0.39 is 6.61 Å². The molecule has 3 N–H and O–H groups in total. The third-order valence-corrected chi connectivity index (χ3v) is 3.00. The minimum Gasteiger partial charge on any atom is -0.435 e. The van der Waals surface area contributed by atoms with Crippen LogP contribution in [-0.4, -0.2) is 6.61 Å². The van der Waals surface area contributed by atoms with Gasteiger partial charge in [-0.3, -0.25) is 5.84 Å². The molecule has 2 rings (SSSR count). The van der Waals surface area contributed by atoms with Crippen molar-refractivity contribution in [1.82, 2.24) is 5.43 Å². The summed E-state index contributed by atoms with van der Waals surface area (Å²) in [6.07, 6.45) is 0. The van der Waals surface area contributed by atoms with Gasteiger partial charge in [0.05, 0.1) is 6.04 Å². The van der Waals surface area contributed by atoms with E-state index in [1.54, 1.807) is 30.3 Å². The highest BCUT2D eigenvalue weighted by atomic mass is 35.5. The first-order valence-corrected chi connectivity index (χ1v) is 6.24. The standard InChI is InChI=1S/C14H13ClF2N2O/c15-11-5-1-3-9(7-11)13(19-18)10-4-2-6-12(8-10)20-14(16)17/h1-8,13-14,19H,18H2. The summed E-state index contributed by atoms with van der Waals surface area (Å²) in [6, 6.07) is 13.1. The van der Waals surface area contributed by atoms with E-state index in [9.17, 15) is 8.78 Å². The van der Waals surface area contributed by atoms with Crippen LogP contribution in [0.15, 0.2) is 48.5 Å². The molecule has 0 saturated carbocycles. The molecule has 0 saturated heterocycles. The van der Waals surface area contributed by atoms with Crippen molar-refractivity contribution < 1.29 is 13.5 Å². The molecule has 0 spiro atoms. The van der Waals surface area contributed by atoms with E-state index in [1.807, 2.05) is 6.07 Å². The Hall–Kier alpha value is -1.69. The summed E-state index contributed by atoms with van der Waals surface area (Å²) in [4.78, 5) is 0. The SMILES string of the molecule is NNC(c1cccc(Cl)c1)c1cccc(OC(F)F)c1. The summed E-state index contributed by atoms with van der Waals surface area (Å²) in [5, 5.41) is 0.572. The third-order valence-electron chi connectivity index (χ3n) is 2.77. The van der Waals surface area contributed by atoms with Crippen LogP contribution in [-0.2, 0) is 0 Å². The van der Waals surface area contributed by atoms with E-state index in [4.69, 9.17) is 17.4 Å². The van der Waals surface area contributed by atoms with Gasteiger partial charge in [-0.15, -0.1) is 0 Å². The maximum absolute atomic E-state index is 12.2. The molecule has 20 heavy (non-hydrogen) atoms. The molecule has 0 radical (unpaired) electrons. The molecule has 3 nitrogen and oxygen atoms in total. The Kier molecular flexibility index (Phi) is 4.89. The summed E-state index contributed by atoms with van der Waals surface area (Å²) in [7, 11) is 0. The highest BCUT2D eigenvalue weighted by Crippen LogP contribution is 2.26. The maximum atomic E-state index is 12.2. The van der Waals surface area contributed by atoms with Crippen LogP contribution in [0.3, 0.4) is 0 Å². The Balaban J connectivity index is 2.32. The van der Waals surface area contributed by atoms with Crippen molar-refractivity contribution in [3.05, 3.63) is 64.7 Å². The Morgan fingerprint density at radius 1 is 1.05 bits per heavy atom. The number of nitrogens with two attached hydrogens (primary N) is 1. The number of hydrazine groups is 1. The fourth-order valence-electron chi connectivity index (χ4n) is 1.94. The van der Waals surface area contributed by atoms with Crippen LogP contribution in [0.5, 0.6) is 5.75 Å². The second-order valence-electron chi connectivity index (χ2n) is 4.11. The second-order valence-corrected chi connectivity index (χ2v) is 4.54. The molecule has 0 fully saturated rings. The van der Waals surface area contributed by atoms with E-state index in [-0.39, 0.29) is 11.8 Å². The van der Waals surface area contributed by atoms with E-state index in [0.29, 0.717) is 10.6 Å². The normalized spacial score (nSPS) is 12.4. The molecule has 0 aromatic heterocycles. The minimum absolute atomic E-state index is 0.0831. The molecule has 0 aliphatic rings. The number of ether oxygens (including phenoxy) is 1. The van der Waals surface area contributed by atoms with Crippen molar-refractivity contribution in [2.24, 2.45) is 5.84 Å². The number of rotatable bonds is 5. The van der Waals surface area contributed by atoms with Gasteiger partial charge in [0.2, 0.25) is 0 Å². The van der Waals surface area contributed by atoms with Crippen molar-refractivity contribution in [2.45, 2.75) is 12.7 Å². The largest absolute Gasteiger partial charge is 0.435 e. The first-order chi connectivity index (χ1) is 9.60. The van der Waals surface area contributed by atoms with Crippen molar-refractivity contribution in [2.75, 3.05) is 0 Å². The van der Waals surface area contributed by atoms with Crippen molar-refractivity contribution in [3.8, 4) is 5.75 Å². The topological polar surface area (TPSA) is 47.3 Å². The van der Waals surface area contributed by atoms with Gasteiger partial charge in [0.1, 0.15) is 5.75 Å². The number of nitrogens with one attached hydrogen (secondary N) is 1. The zero-order valence-electron chi connectivity index (χ0n) is 10.4. The molecule has 0 amide bonds. The van der Waals surface area contributed by atoms with E-state index in [1.165, 1.54) is 12.1 Å². The van der Waals surface area contributed by atoms with Crippen LogP contribution in [0.2, 0.25) is 5.02 Å². The van der Waals surface area contributed by atoms with E-state index >= 15 is 0 Å². The van der Waals surface area contributed by atoms with Crippen LogP contribution in [0.4, 0.5) is 8.78 Å². The van der Waals surface area contributed by atoms with Crippen LogP contribution in [0.1, 0.15) is 17.2 Å². The summed E-state index contributed by atoms with van der Waals surface area (Å²) in [5.41, 5.74) is 4.17. The van der Waals surface area contributed by atoms with E-state index in [2.05, 4.69) is 10.2 Å². The predicted molar refractivity (Wildman–Crippen MR) is 73.7 cm³/mol. The average Bonchev–Trinajstić information content (AvgIpc) is 2.39. The van der Waals surface area contributed by atoms with Crippen LogP contribution in [0.25, 0.3) is 0 Å². The monoisotopic (exact) mass is 298 g/mol. The summed E-state index contributed by atoms with van der Waals surface area (Å²) in [6.45, 7) is -2.86. The number of hydrogen-bond acceptors (Lipinski definition) is 3. The van der Waals surface area contributed by atoms with Crippen LogP contribution < -0.4 is 16.0 Å². The quantitative estimate of drug-likeness (QED) is 0.656. The molecule has 0 heterocycles. The van der Waals surface area contributed by atoms with E-state index in [0.717, 1.165) is 5.56 Å². The molecule has 0 aliphatic carbocycles. The average molecular weight is 299 g/mol. The molecule has 2 aromatic rings. The zero-order chi connectivity index (χ0) is 14.5. The van der Waals surface area contributed by atoms with Gasteiger partial charge in [-0.05, 0) is 35.4 Å². The minimum atomic E-state index is -2.86. The van der Waals surface area contributed by atoms with Gasteiger partial charge in [0.25, 0.3) is 0 Å². The molecule has 1 atom stereocenters. The van der Waals surface area contributed by atoms with Crippen molar-refractivity contribution >= 4 is 11.6 Å². The molecule has 0 aliphatic heterocycles. The molecule has 0 bridgehead atoms. The second kappa shape index (κ2) is 6.65. The molecular weight excluding hydrogens is 286 g/mol. The number of hydrogen-bond donors (Lipinski definition) is 2. The van der Waals surface area contributed by atoms with Crippen LogP contribution >= 0.6 is 11.6 Å². The van der Waals surface area contributed by atoms with Gasteiger partial charge >= 0.3 is 6.61 Å². The lowest BCUT2D eigenvalue weighted by Crippen LogP contribution is -2.28. The maximum Gasteiger partial charge on any atom is 0.387 e. The summed E-state index contributed by atoms with van der Waals surface area (Å²) < 4.78 is 28.8. The predicted octanol–water partition coefficient (Wildman–Crippen LogP) is 3.49. The molecule has 6 heteroatoms. The lowest BCUT2D eigenvalue weighted by atomic mass is 9.99. The van der Waals surface area contributed by atoms with Crippen LogP contribution in [0, 0.1) is 0 Å². The highest BCUT2D eigenvalue weighted by molar-refractivity contribution is 6.30. The summed E-state index contributed by atoms with van der Waals surface area (Å²) in [5.74, 6) is 5.64. The zero-order valence-corrected chi connectivity index (χ0v) is 11.1. The molecule has 2 aromatic carbocycles. The number of benzene rings is 2. The van der Waals surface area contributed by atoms with Gasteiger partial charge in [-0.2, -0.15) is 8.78 Å². The Labute approximate surface area is 120 Å². The lowest BCUT2D eigenvalue weighted by molar-refractivity contribution is -0.0498. The smallest absolute Gasteiger partial charge is 0.387 e.